The Morgan fingerprint density at radius 2 is 1.25 bits per heavy atom. The van der Waals surface area contributed by atoms with E-state index in [1.165, 1.54) is 0 Å². The van der Waals surface area contributed by atoms with Gasteiger partial charge >= 0.3 is 64.7 Å². The van der Waals surface area contributed by atoms with Gasteiger partial charge in [-0.15, -0.1) is 0 Å². The molecule has 0 aliphatic rings. The third kappa shape index (κ3) is 8.86. The first-order chi connectivity index (χ1) is 2.00. The minimum atomic E-state index is 0.733. The summed E-state index contributed by atoms with van der Waals surface area (Å²) in [6.07, 6.45) is 0. The molecule has 0 saturated carbocycles. The van der Waals surface area contributed by atoms with Gasteiger partial charge in [0.15, 0.2) is 0 Å². The summed E-state index contributed by atoms with van der Waals surface area (Å²) in [6, 6.07) is 0. The monoisotopic (exact) mass is 386 g/mol. The predicted octanol–water partition coefficient (Wildman–Crippen LogP) is 0.913. The fourth-order valence-corrected chi connectivity index (χ4v) is 0. The Bertz CT molecular complexity index is 8.00. The van der Waals surface area contributed by atoms with E-state index in [2.05, 4.69) is 17.3 Å². The molecule has 0 N–H and O–H groups in total. The zero-order chi connectivity index (χ0) is 4.00. The van der Waals surface area contributed by atoms with E-state index in [9.17, 15) is 0 Å². The third-order valence-electron chi connectivity index (χ3n) is 0. The van der Waals surface area contributed by atoms with Crippen LogP contribution in [-0.2, 0) is 23.7 Å². The SMILES string of the molecule is [S]=[Cd].[S]=[Pb]. The average molecular weight is 384 g/mol. The molecule has 0 aromatic rings. The minimum absolute atomic E-state index is 0.733. The molecule has 0 unspecified atom stereocenters. The summed E-state index contributed by atoms with van der Waals surface area (Å²) in [4.78, 5) is 0. The quantitative estimate of drug-likeness (QED) is 0.571. The number of rotatable bonds is 0. The zero-order valence-electron chi connectivity index (χ0n) is 2.02. The van der Waals surface area contributed by atoms with Crippen LogP contribution in [0.4, 0.5) is 0 Å². The van der Waals surface area contributed by atoms with Crippen molar-refractivity contribution in [3.05, 3.63) is 0 Å². The van der Waals surface area contributed by atoms with Crippen molar-refractivity contribution in [2.75, 3.05) is 0 Å². The molecule has 0 aliphatic heterocycles. The molecule has 0 aliphatic carbocycles. The topological polar surface area (TPSA) is 0 Å². The average Bonchev–Trinajstić information content (AvgIpc) is 1.50. The third-order valence-corrected chi connectivity index (χ3v) is 0. The molecule has 0 bridgehead atoms. The molecule has 0 spiro atoms. The molecule has 0 fully saturated rings. The van der Waals surface area contributed by atoms with Crippen molar-refractivity contribution in [1.29, 1.82) is 0 Å². The molecule has 0 nitrogen and oxygen atoms in total. The van der Waals surface area contributed by atoms with Gasteiger partial charge in [0.1, 0.15) is 0 Å². The zero-order valence-corrected chi connectivity index (χ0v) is 11.6. The number of hydrogen-bond acceptors (Lipinski definition) is 2. The van der Waals surface area contributed by atoms with E-state index >= 15 is 0 Å². The molecule has 0 heterocycles. The van der Waals surface area contributed by atoms with Crippen LogP contribution in [0.3, 0.4) is 0 Å². The maximum absolute atomic E-state index is 4.25. The first kappa shape index (κ1) is 9.56. The molecule has 0 rings (SSSR count). The molecule has 4 heteroatoms. The molecular formula is CdPbS2. The molecule has 18 valence electrons. The van der Waals surface area contributed by atoms with E-state index in [0.29, 0.717) is 0 Å². The first-order valence-electron chi connectivity index (χ1n) is 0.493. The fraction of sp³-hybridized carbons (Fsp3) is 0. The fourth-order valence-electron chi connectivity index (χ4n) is 0. The van der Waals surface area contributed by atoms with Gasteiger partial charge in [0.25, 0.3) is 0 Å². The van der Waals surface area contributed by atoms with Gasteiger partial charge in [-0.2, -0.15) is 0 Å². The van der Waals surface area contributed by atoms with Crippen LogP contribution in [0.2, 0.25) is 0 Å². The van der Waals surface area contributed by atoms with Crippen molar-refractivity contribution in [2.45, 2.75) is 0 Å². The first-order valence-corrected chi connectivity index (χ1v) is 11.2. The van der Waals surface area contributed by atoms with Crippen LogP contribution in [0.25, 0.3) is 0 Å². The van der Waals surface area contributed by atoms with E-state index in [1.807, 2.05) is 0 Å². The molecule has 4 heavy (non-hydrogen) atoms. The Hall–Kier alpha value is 2.28. The predicted molar refractivity (Wildman–Crippen MR) is 20.9 cm³/mol. The van der Waals surface area contributed by atoms with Crippen molar-refractivity contribution in [3.8, 4) is 0 Å². The summed E-state index contributed by atoms with van der Waals surface area (Å²) in [5.74, 6) is 0. The van der Waals surface area contributed by atoms with Crippen molar-refractivity contribution in [1.82, 2.24) is 0 Å². The summed E-state index contributed by atoms with van der Waals surface area (Å²) < 4.78 is 0. The van der Waals surface area contributed by atoms with Gasteiger partial charge in [0.2, 0.25) is 0 Å². The van der Waals surface area contributed by atoms with Crippen LogP contribution in [0.15, 0.2) is 0 Å². The summed E-state index contributed by atoms with van der Waals surface area (Å²) in [7, 11) is 8.48. The van der Waals surface area contributed by atoms with Gasteiger partial charge < -0.3 is 0 Å². The Morgan fingerprint density at radius 1 is 1.25 bits per heavy atom. The van der Waals surface area contributed by atoms with Gasteiger partial charge in [0.05, 0.1) is 0 Å². The van der Waals surface area contributed by atoms with E-state index in [0.717, 1.165) is 47.4 Å². The standard InChI is InChI=1S/Cd.Pb.2S. The Balaban J connectivity index is 0. The van der Waals surface area contributed by atoms with Crippen molar-refractivity contribution in [2.24, 2.45) is 0 Å². The van der Waals surface area contributed by atoms with Crippen LogP contribution in [0.5, 0.6) is 0 Å². The van der Waals surface area contributed by atoms with E-state index in [-0.39, 0.29) is 0 Å². The van der Waals surface area contributed by atoms with Crippen LogP contribution < -0.4 is 0 Å². The van der Waals surface area contributed by atoms with Gasteiger partial charge in [-0.1, -0.05) is 0 Å². The van der Waals surface area contributed by atoms with Crippen molar-refractivity contribution >= 4 is 41.0 Å². The normalized spacial score (nSPS) is 2.50. The summed E-state index contributed by atoms with van der Waals surface area (Å²) in [5.41, 5.74) is 0. The second kappa shape index (κ2) is 18.6. The molecule has 0 saturated heterocycles. The second-order valence-electron chi connectivity index (χ2n) is 0. The van der Waals surface area contributed by atoms with E-state index in [1.54, 1.807) is 0 Å². The Kier molecular flexibility index (Phi) is 44.4. The van der Waals surface area contributed by atoms with E-state index < -0.39 is 0 Å². The van der Waals surface area contributed by atoms with Crippen LogP contribution >= 0.6 is 17.3 Å². The van der Waals surface area contributed by atoms with E-state index in [4.69, 9.17) is 0 Å². The van der Waals surface area contributed by atoms with Gasteiger partial charge in [0, 0.05) is 0 Å². The maximum atomic E-state index is 4.25. The number of hydrogen-bond donors (Lipinski definition) is 0. The molecule has 0 amide bonds. The van der Waals surface area contributed by atoms with Crippen LogP contribution in [-0.4, -0.2) is 23.7 Å². The molecule has 0 aromatic heterocycles. The molecule has 2 radical (unpaired) electrons. The summed E-state index contributed by atoms with van der Waals surface area (Å²) in [6.45, 7) is 0. The van der Waals surface area contributed by atoms with Gasteiger partial charge in [-0.25, -0.2) is 0 Å². The van der Waals surface area contributed by atoms with Gasteiger partial charge in [-0.3, -0.25) is 0 Å². The molecule has 0 atom stereocenters. The molecule has 0 aromatic carbocycles. The van der Waals surface area contributed by atoms with Crippen LogP contribution in [0, 0.1) is 0 Å². The summed E-state index contributed by atoms with van der Waals surface area (Å²) in [5, 5.41) is 0. The Labute approximate surface area is 63.4 Å². The van der Waals surface area contributed by atoms with Crippen LogP contribution in [0.1, 0.15) is 0 Å². The van der Waals surface area contributed by atoms with Crippen molar-refractivity contribution < 1.29 is 23.7 Å². The molecular weight excluding hydrogens is 384 g/mol. The summed E-state index contributed by atoms with van der Waals surface area (Å²) >= 11 is 1.62. The van der Waals surface area contributed by atoms with Crippen molar-refractivity contribution in [3.63, 3.8) is 0 Å². The second-order valence-corrected chi connectivity index (χ2v) is 0. The Morgan fingerprint density at radius 3 is 1.25 bits per heavy atom. The van der Waals surface area contributed by atoms with Gasteiger partial charge in [-0.05, 0) is 0 Å².